The van der Waals surface area contributed by atoms with Gasteiger partial charge in [-0.2, -0.15) is 11.8 Å². The van der Waals surface area contributed by atoms with Crippen LogP contribution in [0.5, 0.6) is 0 Å². The number of amides is 2. The number of carbonyl (C=O) groups is 3. The van der Waals surface area contributed by atoms with Crippen LogP contribution in [0, 0.1) is 6.92 Å². The van der Waals surface area contributed by atoms with Crippen LogP contribution in [0.1, 0.15) is 45.4 Å². The summed E-state index contributed by atoms with van der Waals surface area (Å²) in [5, 5.41) is 3.14. The van der Waals surface area contributed by atoms with Crippen molar-refractivity contribution >= 4 is 45.9 Å². The monoisotopic (exact) mass is 372 g/mol. The minimum absolute atomic E-state index is 0.167. The fourth-order valence-corrected chi connectivity index (χ4v) is 3.69. The van der Waals surface area contributed by atoms with E-state index in [9.17, 15) is 14.4 Å². The van der Waals surface area contributed by atoms with Crippen molar-refractivity contribution in [2.24, 2.45) is 0 Å². The van der Waals surface area contributed by atoms with Crippen molar-refractivity contribution in [1.29, 1.82) is 0 Å². The van der Waals surface area contributed by atoms with Crippen LogP contribution in [0.4, 0.5) is 5.00 Å². The molecule has 0 saturated carbocycles. The second-order valence-electron chi connectivity index (χ2n) is 5.32. The van der Waals surface area contributed by atoms with E-state index in [0.717, 1.165) is 23.5 Å². The van der Waals surface area contributed by atoms with Crippen molar-refractivity contribution in [3.8, 4) is 0 Å². The molecule has 0 fully saturated rings. The van der Waals surface area contributed by atoms with Gasteiger partial charge in [0.1, 0.15) is 5.00 Å². The molecule has 0 bridgehead atoms. The van der Waals surface area contributed by atoms with Crippen molar-refractivity contribution in [2.45, 2.75) is 26.7 Å². The van der Waals surface area contributed by atoms with Gasteiger partial charge in [-0.3, -0.25) is 9.59 Å². The molecule has 1 aromatic heterocycles. The lowest BCUT2D eigenvalue weighted by Crippen LogP contribution is -2.21. The normalized spacial score (nSPS) is 10.4. The number of nitrogens with one attached hydrogen (secondary N) is 1. The third-order valence-corrected chi connectivity index (χ3v) is 5.12. The van der Waals surface area contributed by atoms with Gasteiger partial charge < -0.3 is 15.0 Å². The SMILES string of the molecule is CCOC(=O)c1c(NC(=O)CCCSC)sc(C(=O)N(C)C)c1C. The number of thioether (sulfide) groups is 1. The maximum atomic E-state index is 12.3. The van der Waals surface area contributed by atoms with Crippen LogP contribution in [-0.4, -0.2) is 55.4 Å². The molecule has 0 aliphatic heterocycles. The van der Waals surface area contributed by atoms with Gasteiger partial charge in [-0.25, -0.2) is 4.79 Å². The number of rotatable bonds is 8. The Morgan fingerprint density at radius 3 is 2.50 bits per heavy atom. The fourth-order valence-electron chi connectivity index (χ4n) is 2.02. The molecule has 1 aromatic rings. The Bertz CT molecular complexity index is 611. The van der Waals surface area contributed by atoms with Crippen molar-refractivity contribution in [1.82, 2.24) is 4.90 Å². The zero-order chi connectivity index (χ0) is 18.3. The lowest BCUT2D eigenvalue weighted by molar-refractivity contribution is -0.116. The van der Waals surface area contributed by atoms with Crippen molar-refractivity contribution < 1.29 is 19.1 Å². The molecule has 0 unspecified atom stereocenters. The van der Waals surface area contributed by atoms with Gasteiger partial charge in [0.2, 0.25) is 5.91 Å². The smallest absolute Gasteiger partial charge is 0.341 e. The predicted molar refractivity (Wildman–Crippen MR) is 99.3 cm³/mol. The van der Waals surface area contributed by atoms with Crippen LogP contribution >= 0.6 is 23.1 Å². The lowest BCUT2D eigenvalue weighted by atomic mass is 10.1. The molecule has 24 heavy (non-hydrogen) atoms. The molecule has 0 saturated heterocycles. The number of thiophene rings is 1. The van der Waals surface area contributed by atoms with Crippen molar-refractivity contribution in [3.05, 3.63) is 16.0 Å². The topological polar surface area (TPSA) is 75.7 Å². The zero-order valence-electron chi connectivity index (χ0n) is 14.7. The standard InChI is InChI=1S/C16H24N2O4S2/c1-6-22-16(21)12-10(2)13(15(20)18(3)4)24-14(12)17-11(19)8-7-9-23-5/h6-9H2,1-5H3,(H,17,19). The Kier molecular flexibility index (Phi) is 8.27. The van der Waals surface area contributed by atoms with Crippen LogP contribution in [0.2, 0.25) is 0 Å². The molecule has 0 aromatic carbocycles. The van der Waals surface area contributed by atoms with E-state index in [-0.39, 0.29) is 24.0 Å². The van der Waals surface area contributed by atoms with Crippen molar-refractivity contribution in [3.63, 3.8) is 0 Å². The predicted octanol–water partition coefficient (Wildman–Crippen LogP) is 3.02. The number of carbonyl (C=O) groups excluding carboxylic acids is 3. The molecule has 6 nitrogen and oxygen atoms in total. The molecule has 134 valence electrons. The molecule has 0 spiro atoms. The van der Waals surface area contributed by atoms with E-state index in [1.165, 1.54) is 4.90 Å². The quantitative estimate of drug-likeness (QED) is 0.561. The van der Waals surface area contributed by atoms with Crippen LogP contribution in [0.15, 0.2) is 0 Å². The van der Waals surface area contributed by atoms with E-state index in [1.807, 2.05) is 6.26 Å². The number of anilines is 1. The van der Waals surface area contributed by atoms with E-state index in [0.29, 0.717) is 21.9 Å². The summed E-state index contributed by atoms with van der Waals surface area (Å²) < 4.78 is 5.07. The van der Waals surface area contributed by atoms with Gasteiger partial charge in [-0.15, -0.1) is 11.3 Å². The molecule has 0 aliphatic rings. The summed E-state index contributed by atoms with van der Waals surface area (Å²) in [6.45, 7) is 3.64. The van der Waals surface area contributed by atoms with Crippen LogP contribution < -0.4 is 5.32 Å². The summed E-state index contributed by atoms with van der Waals surface area (Å²) in [6.07, 6.45) is 3.12. The van der Waals surface area contributed by atoms with Crippen LogP contribution in [0.3, 0.4) is 0 Å². The van der Waals surface area contributed by atoms with Gasteiger partial charge in [-0.05, 0) is 37.8 Å². The average Bonchev–Trinajstić information content (AvgIpc) is 2.83. The summed E-state index contributed by atoms with van der Waals surface area (Å²) in [5.41, 5.74) is 0.807. The Balaban J connectivity index is 3.12. The molecule has 1 rings (SSSR count). The van der Waals surface area contributed by atoms with E-state index < -0.39 is 5.97 Å². The van der Waals surface area contributed by atoms with E-state index in [4.69, 9.17) is 4.74 Å². The lowest BCUT2D eigenvalue weighted by Gasteiger charge is -2.09. The average molecular weight is 373 g/mol. The van der Waals surface area contributed by atoms with Gasteiger partial charge in [0, 0.05) is 20.5 Å². The first-order valence-electron chi connectivity index (χ1n) is 7.64. The highest BCUT2D eigenvalue weighted by Gasteiger charge is 2.27. The third-order valence-electron chi connectivity index (χ3n) is 3.23. The minimum Gasteiger partial charge on any atom is -0.462 e. The van der Waals surface area contributed by atoms with Gasteiger partial charge in [-0.1, -0.05) is 0 Å². The first-order chi connectivity index (χ1) is 11.3. The van der Waals surface area contributed by atoms with Gasteiger partial charge in [0.25, 0.3) is 5.91 Å². The maximum Gasteiger partial charge on any atom is 0.341 e. The summed E-state index contributed by atoms with van der Waals surface area (Å²) in [6, 6.07) is 0. The zero-order valence-corrected chi connectivity index (χ0v) is 16.4. The number of ether oxygens (including phenoxy) is 1. The first kappa shape index (κ1) is 20.5. The molecule has 0 radical (unpaired) electrons. The highest BCUT2D eigenvalue weighted by Crippen LogP contribution is 2.34. The minimum atomic E-state index is -0.525. The molecular formula is C16H24N2O4S2. The second kappa shape index (κ2) is 9.68. The highest BCUT2D eigenvalue weighted by atomic mass is 32.2. The first-order valence-corrected chi connectivity index (χ1v) is 9.85. The molecule has 2 amide bonds. The summed E-state index contributed by atoms with van der Waals surface area (Å²) >= 11 is 2.79. The summed E-state index contributed by atoms with van der Waals surface area (Å²) in [4.78, 5) is 38.5. The Morgan fingerprint density at radius 1 is 1.29 bits per heavy atom. The van der Waals surface area contributed by atoms with E-state index in [1.54, 1.807) is 39.7 Å². The Hall–Kier alpha value is -1.54. The largest absolute Gasteiger partial charge is 0.462 e. The fraction of sp³-hybridized carbons (Fsp3) is 0.562. The molecule has 1 heterocycles. The Morgan fingerprint density at radius 2 is 1.96 bits per heavy atom. The summed E-state index contributed by atoms with van der Waals surface area (Å²) in [5.74, 6) is 0.000477. The number of hydrogen-bond acceptors (Lipinski definition) is 6. The third kappa shape index (κ3) is 5.24. The molecule has 8 heteroatoms. The van der Waals surface area contributed by atoms with Gasteiger partial charge >= 0.3 is 5.97 Å². The van der Waals surface area contributed by atoms with E-state index >= 15 is 0 Å². The number of nitrogens with zero attached hydrogens (tertiary/aromatic N) is 1. The number of hydrogen-bond donors (Lipinski definition) is 1. The maximum absolute atomic E-state index is 12.3. The van der Waals surface area contributed by atoms with E-state index in [2.05, 4.69) is 5.32 Å². The molecule has 0 aliphatic carbocycles. The van der Waals surface area contributed by atoms with Crippen molar-refractivity contribution in [2.75, 3.05) is 38.0 Å². The Labute approximate surface area is 150 Å². The van der Waals surface area contributed by atoms with Gasteiger partial charge in [0.05, 0.1) is 17.0 Å². The molecule has 0 atom stereocenters. The second-order valence-corrected chi connectivity index (χ2v) is 7.33. The molecule has 1 N–H and O–H groups in total. The highest BCUT2D eigenvalue weighted by molar-refractivity contribution is 7.98. The van der Waals surface area contributed by atoms with Crippen LogP contribution in [-0.2, 0) is 9.53 Å². The number of esters is 1. The van der Waals surface area contributed by atoms with Gasteiger partial charge in [0.15, 0.2) is 0 Å². The summed E-state index contributed by atoms with van der Waals surface area (Å²) in [7, 11) is 3.29. The van der Waals surface area contributed by atoms with Crippen LogP contribution in [0.25, 0.3) is 0 Å². The molecular weight excluding hydrogens is 348 g/mol.